The number of unbranched alkanes of at least 4 members (excludes halogenated alkanes) is 1. The van der Waals surface area contributed by atoms with Crippen LogP contribution in [0.1, 0.15) is 44.9 Å². The van der Waals surface area contributed by atoms with Crippen LogP contribution in [-0.2, 0) is 4.79 Å². The summed E-state index contributed by atoms with van der Waals surface area (Å²) >= 11 is 0. The van der Waals surface area contributed by atoms with Gasteiger partial charge in [-0.05, 0) is 25.7 Å². The molecule has 1 rings (SSSR count). The predicted octanol–water partition coefficient (Wildman–Crippen LogP) is 1.80. The molecule has 1 aliphatic rings. The van der Waals surface area contributed by atoms with Crippen LogP contribution in [0.3, 0.4) is 0 Å². The Morgan fingerprint density at radius 3 is 3.00 bits per heavy atom. The molecule has 0 saturated carbocycles. The molecule has 0 fully saturated rings. The third-order valence-corrected chi connectivity index (χ3v) is 2.52. The van der Waals surface area contributed by atoms with E-state index in [0.29, 0.717) is 0 Å². The van der Waals surface area contributed by atoms with Gasteiger partial charge in [0.1, 0.15) is 0 Å². The van der Waals surface area contributed by atoms with E-state index in [1.807, 2.05) is 0 Å². The zero-order valence-electron chi connectivity index (χ0n) is 9.17. The van der Waals surface area contributed by atoms with Crippen molar-refractivity contribution in [1.82, 2.24) is 5.32 Å². The van der Waals surface area contributed by atoms with Gasteiger partial charge >= 0.3 is 5.97 Å². The number of amidine groups is 1. The van der Waals surface area contributed by atoms with E-state index in [0.717, 1.165) is 38.2 Å². The summed E-state index contributed by atoms with van der Waals surface area (Å²) in [6, 6.07) is 0. The minimum atomic E-state index is -0.707. The number of aliphatic imine (C=N–C) groups is 1. The maximum Gasteiger partial charge on any atom is 0.303 e. The van der Waals surface area contributed by atoms with Crippen molar-refractivity contribution in [3.8, 4) is 0 Å². The van der Waals surface area contributed by atoms with Crippen LogP contribution in [0, 0.1) is 0 Å². The highest BCUT2D eigenvalue weighted by Gasteiger charge is 2.03. The van der Waals surface area contributed by atoms with Gasteiger partial charge in [0.05, 0.1) is 5.84 Å². The molecule has 15 heavy (non-hydrogen) atoms. The van der Waals surface area contributed by atoms with Crippen molar-refractivity contribution in [2.24, 2.45) is 4.99 Å². The highest BCUT2D eigenvalue weighted by atomic mass is 16.4. The molecule has 0 unspecified atom stereocenters. The van der Waals surface area contributed by atoms with Crippen molar-refractivity contribution >= 4 is 11.8 Å². The highest BCUT2D eigenvalue weighted by Crippen LogP contribution is 2.06. The van der Waals surface area contributed by atoms with Gasteiger partial charge in [-0.2, -0.15) is 0 Å². The molecule has 0 amide bonds. The zero-order valence-corrected chi connectivity index (χ0v) is 9.17. The molecular formula is C11H20N2O2. The summed E-state index contributed by atoms with van der Waals surface area (Å²) in [7, 11) is 0. The Hall–Kier alpha value is -1.06. The normalized spacial score (nSPS) is 16.7. The number of nitrogens with one attached hydrogen (secondary N) is 1. The minimum Gasteiger partial charge on any atom is -0.481 e. The van der Waals surface area contributed by atoms with Gasteiger partial charge in [-0.25, -0.2) is 0 Å². The Balaban J connectivity index is 2.03. The third kappa shape index (κ3) is 6.10. The molecule has 4 heteroatoms. The molecule has 0 aromatic carbocycles. The lowest BCUT2D eigenvalue weighted by molar-refractivity contribution is -0.137. The van der Waals surface area contributed by atoms with Crippen molar-refractivity contribution < 1.29 is 9.90 Å². The molecule has 0 spiro atoms. The lowest BCUT2D eigenvalue weighted by Gasteiger charge is -2.07. The van der Waals surface area contributed by atoms with Gasteiger partial charge in [-0.1, -0.05) is 6.42 Å². The summed E-state index contributed by atoms with van der Waals surface area (Å²) in [6.07, 6.45) is 6.67. The molecule has 1 heterocycles. The summed E-state index contributed by atoms with van der Waals surface area (Å²) < 4.78 is 0. The lowest BCUT2D eigenvalue weighted by atomic mass is 10.2. The molecule has 86 valence electrons. The topological polar surface area (TPSA) is 61.7 Å². The monoisotopic (exact) mass is 212 g/mol. The van der Waals surface area contributed by atoms with Crippen molar-refractivity contribution in [3.05, 3.63) is 0 Å². The maximum absolute atomic E-state index is 10.3. The van der Waals surface area contributed by atoms with Gasteiger partial charge in [0.25, 0.3) is 0 Å². The summed E-state index contributed by atoms with van der Waals surface area (Å²) in [5.41, 5.74) is 0. The second-order valence-corrected chi connectivity index (χ2v) is 3.92. The molecular weight excluding hydrogens is 192 g/mol. The van der Waals surface area contributed by atoms with Gasteiger partial charge in [0.15, 0.2) is 0 Å². The Morgan fingerprint density at radius 2 is 2.20 bits per heavy atom. The van der Waals surface area contributed by atoms with Gasteiger partial charge in [0.2, 0.25) is 0 Å². The Bertz CT molecular complexity index is 227. The SMILES string of the molecule is O=C(O)CCCCNC1=NCCCCC1. The van der Waals surface area contributed by atoms with Crippen molar-refractivity contribution in [2.75, 3.05) is 13.1 Å². The molecule has 2 N–H and O–H groups in total. The van der Waals surface area contributed by atoms with E-state index in [1.165, 1.54) is 19.3 Å². The lowest BCUT2D eigenvalue weighted by Crippen LogP contribution is -2.24. The first kappa shape index (κ1) is 12.0. The fourth-order valence-electron chi connectivity index (χ4n) is 1.65. The van der Waals surface area contributed by atoms with Crippen LogP contribution in [0.4, 0.5) is 0 Å². The Kier molecular flexibility index (Phi) is 5.81. The summed E-state index contributed by atoms with van der Waals surface area (Å²) in [6.45, 7) is 1.80. The molecule has 0 atom stereocenters. The third-order valence-electron chi connectivity index (χ3n) is 2.52. The molecule has 0 aromatic heterocycles. The average Bonchev–Trinajstić information content (AvgIpc) is 2.45. The molecule has 0 saturated heterocycles. The standard InChI is InChI=1S/C11H20N2O2/c14-11(15)7-3-5-9-13-10-6-2-1-4-8-12-10/h1-9H2,(H,12,13)(H,14,15). The van der Waals surface area contributed by atoms with Crippen LogP contribution < -0.4 is 5.32 Å². The van der Waals surface area contributed by atoms with E-state index in [4.69, 9.17) is 5.11 Å². The number of hydrogen-bond donors (Lipinski definition) is 2. The van der Waals surface area contributed by atoms with Gasteiger partial charge < -0.3 is 10.4 Å². The maximum atomic E-state index is 10.3. The van der Waals surface area contributed by atoms with E-state index < -0.39 is 5.97 Å². The fourth-order valence-corrected chi connectivity index (χ4v) is 1.65. The molecule has 4 nitrogen and oxygen atoms in total. The highest BCUT2D eigenvalue weighted by molar-refractivity contribution is 5.82. The first-order valence-electron chi connectivity index (χ1n) is 5.78. The molecule has 0 aromatic rings. The molecule has 1 aliphatic heterocycles. The number of carboxylic acids is 1. The van der Waals surface area contributed by atoms with Crippen LogP contribution in [0.2, 0.25) is 0 Å². The quantitative estimate of drug-likeness (QED) is 0.683. The Morgan fingerprint density at radius 1 is 1.33 bits per heavy atom. The zero-order chi connectivity index (χ0) is 10.9. The van der Waals surface area contributed by atoms with E-state index in [1.54, 1.807) is 0 Å². The van der Waals surface area contributed by atoms with Gasteiger partial charge in [-0.3, -0.25) is 9.79 Å². The van der Waals surface area contributed by atoms with Crippen LogP contribution in [0.15, 0.2) is 4.99 Å². The van der Waals surface area contributed by atoms with Crippen molar-refractivity contribution in [1.29, 1.82) is 0 Å². The smallest absolute Gasteiger partial charge is 0.303 e. The number of rotatable bonds is 5. The Labute approximate surface area is 90.8 Å². The van der Waals surface area contributed by atoms with E-state index in [2.05, 4.69) is 10.3 Å². The first-order valence-corrected chi connectivity index (χ1v) is 5.78. The predicted molar refractivity (Wildman–Crippen MR) is 60.3 cm³/mol. The van der Waals surface area contributed by atoms with Gasteiger partial charge in [-0.15, -0.1) is 0 Å². The van der Waals surface area contributed by atoms with E-state index in [9.17, 15) is 4.79 Å². The summed E-state index contributed by atoms with van der Waals surface area (Å²) in [5, 5.41) is 11.7. The van der Waals surface area contributed by atoms with E-state index in [-0.39, 0.29) is 6.42 Å². The molecule has 0 bridgehead atoms. The number of aliphatic carboxylic acids is 1. The molecule has 0 radical (unpaired) electrons. The minimum absolute atomic E-state index is 0.272. The van der Waals surface area contributed by atoms with E-state index >= 15 is 0 Å². The number of carboxylic acid groups (broad SMARTS) is 1. The number of hydrogen-bond acceptors (Lipinski definition) is 3. The average molecular weight is 212 g/mol. The summed E-state index contributed by atoms with van der Waals surface area (Å²) in [4.78, 5) is 14.7. The first-order chi connectivity index (χ1) is 7.29. The van der Waals surface area contributed by atoms with Crippen molar-refractivity contribution in [3.63, 3.8) is 0 Å². The van der Waals surface area contributed by atoms with Crippen LogP contribution >= 0.6 is 0 Å². The van der Waals surface area contributed by atoms with Crippen LogP contribution in [0.25, 0.3) is 0 Å². The van der Waals surface area contributed by atoms with Crippen LogP contribution in [0.5, 0.6) is 0 Å². The molecule has 0 aliphatic carbocycles. The largest absolute Gasteiger partial charge is 0.481 e. The number of nitrogens with zero attached hydrogens (tertiary/aromatic N) is 1. The second kappa shape index (κ2) is 7.26. The summed E-state index contributed by atoms with van der Waals surface area (Å²) in [5.74, 6) is 0.407. The fraction of sp³-hybridized carbons (Fsp3) is 0.818. The second-order valence-electron chi connectivity index (χ2n) is 3.92. The van der Waals surface area contributed by atoms with Gasteiger partial charge in [0, 0.05) is 25.9 Å². The van der Waals surface area contributed by atoms with Crippen LogP contribution in [-0.4, -0.2) is 30.0 Å². The number of carbonyl (C=O) groups is 1. The van der Waals surface area contributed by atoms with Crippen molar-refractivity contribution in [2.45, 2.75) is 44.9 Å².